The van der Waals surface area contributed by atoms with Gasteiger partial charge in [-0.15, -0.1) is 0 Å². The van der Waals surface area contributed by atoms with Crippen LogP contribution in [0, 0.1) is 0 Å². The summed E-state index contributed by atoms with van der Waals surface area (Å²) < 4.78 is 0. The zero-order chi connectivity index (χ0) is 10.6. The minimum absolute atomic E-state index is 0.0890. The van der Waals surface area contributed by atoms with Gasteiger partial charge in [-0.1, -0.05) is 54.6 Å². The molecule has 15 heavy (non-hydrogen) atoms. The van der Waals surface area contributed by atoms with Crippen molar-refractivity contribution >= 4 is 0 Å². The summed E-state index contributed by atoms with van der Waals surface area (Å²) in [5, 5.41) is 9.18. The summed E-state index contributed by atoms with van der Waals surface area (Å²) in [6, 6.07) is 10.4. The van der Waals surface area contributed by atoms with E-state index >= 15 is 0 Å². The predicted molar refractivity (Wildman–Crippen MR) is 62.7 cm³/mol. The number of benzene rings is 1. The highest BCUT2D eigenvalue weighted by atomic mass is 16.3. The van der Waals surface area contributed by atoms with Crippen LogP contribution < -0.4 is 0 Å². The van der Waals surface area contributed by atoms with E-state index in [9.17, 15) is 5.11 Å². The van der Waals surface area contributed by atoms with Crippen LogP contribution in [-0.4, -0.2) is 11.7 Å². The Bertz CT molecular complexity index is 350. The summed E-state index contributed by atoms with van der Waals surface area (Å²) in [6.07, 6.45) is 10.5. The number of rotatable bonds is 3. The average molecular weight is 200 g/mol. The zero-order valence-corrected chi connectivity index (χ0v) is 8.76. The van der Waals surface area contributed by atoms with Crippen LogP contribution in [0.3, 0.4) is 0 Å². The van der Waals surface area contributed by atoms with E-state index in [0.29, 0.717) is 0 Å². The predicted octanol–water partition coefficient (Wildman–Crippen LogP) is 2.82. The minimum Gasteiger partial charge on any atom is -0.396 e. The summed E-state index contributed by atoms with van der Waals surface area (Å²) >= 11 is 0. The van der Waals surface area contributed by atoms with Crippen LogP contribution in [0.4, 0.5) is 0 Å². The van der Waals surface area contributed by atoms with Crippen molar-refractivity contribution in [2.24, 2.45) is 0 Å². The maximum absolute atomic E-state index is 9.18. The fourth-order valence-electron chi connectivity index (χ4n) is 2.13. The lowest BCUT2D eigenvalue weighted by atomic mass is 9.75. The highest BCUT2D eigenvalue weighted by molar-refractivity contribution is 5.38. The van der Waals surface area contributed by atoms with Crippen molar-refractivity contribution in [1.82, 2.24) is 0 Å². The van der Waals surface area contributed by atoms with Crippen molar-refractivity contribution in [3.63, 3.8) is 0 Å². The molecule has 0 heterocycles. The second kappa shape index (κ2) is 4.45. The van der Waals surface area contributed by atoms with Crippen LogP contribution in [0.1, 0.15) is 18.4 Å². The van der Waals surface area contributed by atoms with Gasteiger partial charge in [0, 0.05) is 12.0 Å². The van der Waals surface area contributed by atoms with E-state index in [1.165, 1.54) is 5.56 Å². The van der Waals surface area contributed by atoms with Crippen molar-refractivity contribution in [2.75, 3.05) is 6.61 Å². The van der Waals surface area contributed by atoms with Gasteiger partial charge in [0.05, 0.1) is 0 Å². The lowest BCUT2D eigenvalue weighted by molar-refractivity contribution is 0.269. The van der Waals surface area contributed by atoms with Crippen molar-refractivity contribution in [2.45, 2.75) is 18.3 Å². The molecule has 0 fully saturated rings. The number of allylic oxidation sites excluding steroid dienone is 4. The maximum atomic E-state index is 9.18. The minimum atomic E-state index is -0.0890. The molecule has 0 aromatic heterocycles. The first kappa shape index (κ1) is 10.2. The molecule has 1 aliphatic rings. The fraction of sp³-hybridized carbons (Fsp3) is 0.286. The Morgan fingerprint density at radius 2 is 1.73 bits per heavy atom. The summed E-state index contributed by atoms with van der Waals surface area (Å²) in [5.74, 6) is 0. The molecule has 0 atom stereocenters. The lowest BCUT2D eigenvalue weighted by Gasteiger charge is -2.29. The Balaban J connectivity index is 2.38. The summed E-state index contributed by atoms with van der Waals surface area (Å²) in [6.45, 7) is 0.212. The molecule has 1 aliphatic carbocycles. The Kier molecular flexibility index (Phi) is 3.02. The molecule has 1 nitrogen and oxygen atoms in total. The molecule has 0 amide bonds. The third-order valence-electron chi connectivity index (χ3n) is 2.94. The lowest BCUT2D eigenvalue weighted by Crippen LogP contribution is -2.23. The number of hydrogen-bond donors (Lipinski definition) is 1. The van der Waals surface area contributed by atoms with Gasteiger partial charge in [-0.25, -0.2) is 0 Å². The number of aliphatic hydroxyl groups is 1. The monoisotopic (exact) mass is 200 g/mol. The van der Waals surface area contributed by atoms with E-state index in [0.717, 1.165) is 12.8 Å². The first-order valence-corrected chi connectivity index (χ1v) is 5.39. The molecular weight excluding hydrogens is 184 g/mol. The molecule has 0 saturated carbocycles. The van der Waals surface area contributed by atoms with E-state index in [1.807, 2.05) is 18.2 Å². The Morgan fingerprint density at radius 3 is 2.33 bits per heavy atom. The third kappa shape index (κ3) is 2.02. The van der Waals surface area contributed by atoms with E-state index < -0.39 is 0 Å². The molecule has 2 rings (SSSR count). The van der Waals surface area contributed by atoms with Crippen LogP contribution in [0.15, 0.2) is 54.6 Å². The molecular formula is C14H16O. The van der Waals surface area contributed by atoms with E-state index in [-0.39, 0.29) is 12.0 Å². The molecule has 0 unspecified atom stereocenters. The molecule has 0 saturated heterocycles. The van der Waals surface area contributed by atoms with E-state index in [2.05, 4.69) is 36.4 Å². The molecule has 1 heteroatoms. The van der Waals surface area contributed by atoms with Crippen LogP contribution in [0.25, 0.3) is 0 Å². The van der Waals surface area contributed by atoms with Gasteiger partial charge in [-0.3, -0.25) is 0 Å². The second-order valence-corrected chi connectivity index (χ2v) is 3.92. The largest absolute Gasteiger partial charge is 0.396 e. The van der Waals surface area contributed by atoms with Gasteiger partial charge in [0.1, 0.15) is 0 Å². The molecule has 1 aromatic rings. The second-order valence-electron chi connectivity index (χ2n) is 3.92. The molecule has 1 aromatic carbocycles. The molecule has 0 aliphatic heterocycles. The first-order chi connectivity index (χ1) is 7.37. The van der Waals surface area contributed by atoms with Crippen molar-refractivity contribution in [1.29, 1.82) is 0 Å². The molecule has 0 bridgehead atoms. The van der Waals surface area contributed by atoms with Crippen LogP contribution >= 0.6 is 0 Å². The van der Waals surface area contributed by atoms with Crippen molar-refractivity contribution < 1.29 is 5.11 Å². The molecule has 1 N–H and O–H groups in total. The Hall–Kier alpha value is -1.34. The van der Waals surface area contributed by atoms with Gasteiger partial charge in [-0.05, 0) is 18.4 Å². The molecule has 78 valence electrons. The topological polar surface area (TPSA) is 20.2 Å². The summed E-state index contributed by atoms with van der Waals surface area (Å²) in [4.78, 5) is 0. The fourth-order valence-corrected chi connectivity index (χ4v) is 2.13. The Morgan fingerprint density at radius 1 is 1.07 bits per heavy atom. The van der Waals surface area contributed by atoms with Crippen molar-refractivity contribution in [3.8, 4) is 0 Å². The standard InChI is InChI=1S/C14H16O/c15-12-11-14(9-5-2-6-10-14)13-7-3-1-4-8-13/h1,3-10,15H,2,11-12H2. The van der Waals surface area contributed by atoms with Crippen LogP contribution in [-0.2, 0) is 5.41 Å². The summed E-state index contributed by atoms with van der Waals surface area (Å²) in [5.41, 5.74) is 1.17. The van der Waals surface area contributed by atoms with Crippen LogP contribution in [0.5, 0.6) is 0 Å². The van der Waals surface area contributed by atoms with Gasteiger partial charge < -0.3 is 5.11 Å². The van der Waals surface area contributed by atoms with Crippen molar-refractivity contribution in [3.05, 3.63) is 60.2 Å². The third-order valence-corrected chi connectivity index (χ3v) is 2.94. The number of hydrogen-bond acceptors (Lipinski definition) is 1. The maximum Gasteiger partial charge on any atom is 0.0445 e. The average Bonchev–Trinajstić information content (AvgIpc) is 2.32. The zero-order valence-electron chi connectivity index (χ0n) is 8.76. The van der Waals surface area contributed by atoms with Gasteiger partial charge in [-0.2, -0.15) is 0 Å². The first-order valence-electron chi connectivity index (χ1n) is 5.39. The highest BCUT2D eigenvalue weighted by Crippen LogP contribution is 2.33. The quantitative estimate of drug-likeness (QED) is 0.744. The molecule has 0 radical (unpaired) electrons. The van der Waals surface area contributed by atoms with Gasteiger partial charge in [0.25, 0.3) is 0 Å². The smallest absolute Gasteiger partial charge is 0.0445 e. The van der Waals surface area contributed by atoms with Crippen LogP contribution in [0.2, 0.25) is 0 Å². The van der Waals surface area contributed by atoms with Gasteiger partial charge in [0.2, 0.25) is 0 Å². The van der Waals surface area contributed by atoms with E-state index in [1.54, 1.807) is 0 Å². The normalized spacial score (nSPS) is 17.9. The Labute approximate surface area is 90.8 Å². The molecule has 0 spiro atoms. The number of aliphatic hydroxyl groups excluding tert-OH is 1. The van der Waals surface area contributed by atoms with Gasteiger partial charge >= 0.3 is 0 Å². The summed E-state index contributed by atoms with van der Waals surface area (Å²) in [7, 11) is 0. The SMILES string of the molecule is OCCC1(c2ccccc2)C=CCC=C1. The highest BCUT2D eigenvalue weighted by Gasteiger charge is 2.26. The van der Waals surface area contributed by atoms with Gasteiger partial charge in [0.15, 0.2) is 0 Å². The van der Waals surface area contributed by atoms with E-state index in [4.69, 9.17) is 0 Å².